The normalized spacial score (nSPS) is 11.6. The van der Waals surface area contributed by atoms with Gasteiger partial charge in [-0.3, -0.25) is 9.63 Å². The first-order valence-electron chi connectivity index (χ1n) is 6.14. The Morgan fingerprint density at radius 2 is 1.86 bits per heavy atom. The molecule has 5 nitrogen and oxygen atoms in total. The molecule has 7 heteroatoms. The van der Waals surface area contributed by atoms with E-state index in [4.69, 9.17) is 28.0 Å². The lowest BCUT2D eigenvalue weighted by atomic mass is 10.0. The quantitative estimate of drug-likeness (QED) is 0.356. The molecule has 0 fully saturated rings. The molecule has 0 saturated carbocycles. The highest BCUT2D eigenvalue weighted by molar-refractivity contribution is 6.42. The zero-order valence-electron chi connectivity index (χ0n) is 12.3. The predicted octanol–water partition coefficient (Wildman–Crippen LogP) is 3.13. The van der Waals surface area contributed by atoms with Crippen molar-refractivity contribution in [3.8, 4) is 0 Å². The Morgan fingerprint density at radius 3 is 2.41 bits per heavy atom. The second kappa shape index (κ2) is 8.58. The van der Waals surface area contributed by atoms with E-state index in [0.29, 0.717) is 15.6 Å². The maximum Gasteiger partial charge on any atom is 0.330 e. The van der Waals surface area contributed by atoms with E-state index in [9.17, 15) is 9.59 Å². The van der Waals surface area contributed by atoms with E-state index >= 15 is 0 Å². The average molecular weight is 344 g/mol. The summed E-state index contributed by atoms with van der Waals surface area (Å²) in [7, 11) is 4.10. The van der Waals surface area contributed by atoms with Crippen LogP contribution in [0.1, 0.15) is 5.56 Å². The summed E-state index contributed by atoms with van der Waals surface area (Å²) in [5, 5.41) is 1.75. The van der Waals surface area contributed by atoms with Crippen LogP contribution in [0.25, 0.3) is 5.57 Å². The Bertz CT molecular complexity index is 626. The molecule has 0 atom stereocenters. The maximum absolute atomic E-state index is 12.3. The summed E-state index contributed by atoms with van der Waals surface area (Å²) in [4.78, 5) is 28.3. The number of amides is 1. The van der Waals surface area contributed by atoms with Crippen molar-refractivity contribution in [2.24, 2.45) is 0 Å². The molecule has 0 aromatic heterocycles. The lowest BCUT2D eigenvalue weighted by Gasteiger charge is -2.16. The molecule has 1 rings (SSSR count). The molecule has 22 heavy (non-hydrogen) atoms. The van der Waals surface area contributed by atoms with E-state index in [1.165, 1.54) is 39.5 Å². The molecule has 1 aromatic rings. The van der Waals surface area contributed by atoms with Crippen molar-refractivity contribution in [1.29, 1.82) is 0 Å². The van der Waals surface area contributed by atoms with E-state index in [2.05, 4.69) is 4.74 Å². The van der Waals surface area contributed by atoms with Crippen molar-refractivity contribution < 1.29 is 19.2 Å². The van der Waals surface area contributed by atoms with Gasteiger partial charge in [0.15, 0.2) is 0 Å². The van der Waals surface area contributed by atoms with Crippen LogP contribution in [0, 0.1) is 0 Å². The number of hydrogen-bond donors (Lipinski definition) is 0. The topological polar surface area (TPSA) is 55.8 Å². The number of halogens is 2. The van der Waals surface area contributed by atoms with Gasteiger partial charge < -0.3 is 4.74 Å². The zero-order valence-corrected chi connectivity index (χ0v) is 13.8. The van der Waals surface area contributed by atoms with E-state index in [0.717, 1.165) is 5.06 Å². The second-order valence-electron chi connectivity index (χ2n) is 4.08. The number of benzene rings is 1. The maximum atomic E-state index is 12.3. The molecule has 1 amide bonds. The van der Waals surface area contributed by atoms with Gasteiger partial charge in [0.25, 0.3) is 5.91 Å². The molecule has 118 valence electrons. The number of rotatable bonds is 5. The van der Waals surface area contributed by atoms with E-state index in [-0.39, 0.29) is 5.57 Å². The third-order valence-corrected chi connectivity index (χ3v) is 3.46. The number of hydrogen-bond acceptors (Lipinski definition) is 4. The number of ether oxygens (including phenoxy) is 1. The zero-order chi connectivity index (χ0) is 16.7. The number of nitrogens with zero attached hydrogens (tertiary/aromatic N) is 1. The van der Waals surface area contributed by atoms with Crippen LogP contribution in [0.4, 0.5) is 0 Å². The monoisotopic (exact) mass is 343 g/mol. The van der Waals surface area contributed by atoms with Gasteiger partial charge in [0, 0.05) is 18.7 Å². The number of hydroxylamine groups is 2. The molecule has 0 N–H and O–H groups in total. The fourth-order valence-electron chi connectivity index (χ4n) is 1.50. The lowest BCUT2D eigenvalue weighted by molar-refractivity contribution is -0.161. The summed E-state index contributed by atoms with van der Waals surface area (Å²) in [6.07, 6.45) is 4.07. The highest BCUT2D eigenvalue weighted by atomic mass is 35.5. The smallest absolute Gasteiger partial charge is 0.330 e. The molecule has 0 aliphatic carbocycles. The van der Waals surface area contributed by atoms with Crippen molar-refractivity contribution in [2.45, 2.75) is 0 Å². The Balaban J connectivity index is 3.24. The lowest BCUT2D eigenvalue weighted by Crippen LogP contribution is -2.26. The molecule has 0 bridgehead atoms. The van der Waals surface area contributed by atoms with Gasteiger partial charge in [-0.05, 0) is 23.8 Å². The van der Waals surface area contributed by atoms with Crippen molar-refractivity contribution in [1.82, 2.24) is 5.06 Å². The average Bonchev–Trinajstić information content (AvgIpc) is 2.52. The molecule has 0 aliphatic heterocycles. The van der Waals surface area contributed by atoms with Crippen LogP contribution in [0.2, 0.25) is 10.0 Å². The summed E-state index contributed by atoms with van der Waals surface area (Å²) in [6, 6.07) is 4.79. The predicted molar refractivity (Wildman–Crippen MR) is 85.4 cm³/mol. The molecule has 0 spiro atoms. The third-order valence-electron chi connectivity index (χ3n) is 2.72. The Kier molecular flexibility index (Phi) is 7.11. The standard InChI is InChI=1S/C15H15Cl2NO4/c1-18(22-3)15(20)11(5-4-6-14(19)21-2)10-7-8-12(16)13(17)9-10/h4-9H,1-3H3/b6-4-,11-5+. The van der Waals surface area contributed by atoms with E-state index in [1.807, 2.05) is 0 Å². The first-order valence-corrected chi connectivity index (χ1v) is 6.90. The number of likely N-dealkylation sites (N-methyl/N-ethyl adjacent to an activating group) is 1. The van der Waals surface area contributed by atoms with Gasteiger partial charge in [-0.15, -0.1) is 0 Å². The van der Waals surface area contributed by atoms with Gasteiger partial charge >= 0.3 is 5.97 Å². The number of allylic oxidation sites excluding steroid dienone is 2. The Labute approximate surface area is 138 Å². The molecule has 0 heterocycles. The summed E-state index contributed by atoms with van der Waals surface area (Å²) in [5.74, 6) is -0.937. The third kappa shape index (κ3) is 4.87. The van der Waals surface area contributed by atoms with E-state index < -0.39 is 11.9 Å². The van der Waals surface area contributed by atoms with E-state index in [1.54, 1.807) is 18.2 Å². The first-order chi connectivity index (χ1) is 10.4. The minimum Gasteiger partial charge on any atom is -0.466 e. The first kappa shape index (κ1) is 18.2. The number of methoxy groups -OCH3 is 1. The molecule has 0 radical (unpaired) electrons. The molecule has 1 aromatic carbocycles. The highest BCUT2D eigenvalue weighted by Gasteiger charge is 2.17. The van der Waals surface area contributed by atoms with Crippen LogP contribution in [-0.4, -0.2) is 38.2 Å². The Hall–Kier alpha value is -1.82. The molecular weight excluding hydrogens is 329 g/mol. The van der Waals surface area contributed by atoms with Crippen LogP contribution in [0.5, 0.6) is 0 Å². The highest BCUT2D eigenvalue weighted by Crippen LogP contribution is 2.27. The molecule has 0 aliphatic rings. The van der Waals surface area contributed by atoms with Crippen LogP contribution < -0.4 is 0 Å². The van der Waals surface area contributed by atoms with Gasteiger partial charge in [-0.25, -0.2) is 9.86 Å². The summed E-state index contributed by atoms with van der Waals surface area (Å²) < 4.78 is 4.49. The summed E-state index contributed by atoms with van der Waals surface area (Å²) in [5.41, 5.74) is 0.820. The molecule has 0 unspecified atom stereocenters. The van der Waals surface area contributed by atoms with Gasteiger partial charge in [0.05, 0.1) is 24.3 Å². The number of carbonyl (C=O) groups is 2. The second-order valence-corrected chi connectivity index (χ2v) is 4.89. The number of esters is 1. The number of carbonyl (C=O) groups excluding carboxylic acids is 2. The van der Waals surface area contributed by atoms with Crippen molar-refractivity contribution in [2.75, 3.05) is 21.3 Å². The van der Waals surface area contributed by atoms with Crippen molar-refractivity contribution in [3.05, 3.63) is 52.0 Å². The minimum atomic E-state index is -0.530. The minimum absolute atomic E-state index is 0.281. The van der Waals surface area contributed by atoms with Crippen LogP contribution in [0.3, 0.4) is 0 Å². The van der Waals surface area contributed by atoms with Gasteiger partial charge in [-0.2, -0.15) is 0 Å². The fourth-order valence-corrected chi connectivity index (χ4v) is 1.80. The van der Waals surface area contributed by atoms with Gasteiger partial charge in [-0.1, -0.05) is 35.3 Å². The van der Waals surface area contributed by atoms with Gasteiger partial charge in [0.2, 0.25) is 0 Å². The summed E-state index contributed by atoms with van der Waals surface area (Å²) >= 11 is 11.8. The van der Waals surface area contributed by atoms with Crippen LogP contribution >= 0.6 is 23.2 Å². The summed E-state index contributed by atoms with van der Waals surface area (Å²) in [6.45, 7) is 0. The fraction of sp³-hybridized carbons (Fsp3) is 0.200. The van der Waals surface area contributed by atoms with Crippen LogP contribution in [0.15, 0.2) is 36.4 Å². The van der Waals surface area contributed by atoms with Crippen LogP contribution in [-0.2, 0) is 19.2 Å². The Morgan fingerprint density at radius 1 is 1.18 bits per heavy atom. The SMILES string of the molecule is COC(=O)/C=C\C=C(\C(=O)N(C)OC)c1ccc(Cl)c(Cl)c1. The van der Waals surface area contributed by atoms with Gasteiger partial charge in [0.1, 0.15) is 0 Å². The molecule has 0 saturated heterocycles. The largest absolute Gasteiger partial charge is 0.466 e. The van der Waals surface area contributed by atoms with Crippen molar-refractivity contribution in [3.63, 3.8) is 0 Å². The molecular formula is C15H15Cl2NO4. The van der Waals surface area contributed by atoms with Crippen molar-refractivity contribution >= 4 is 40.7 Å².